The maximum Gasteiger partial charge on any atom is 0.303 e. The number of carboxylic acid groups (broad SMARTS) is 1. The van der Waals surface area contributed by atoms with Gasteiger partial charge < -0.3 is 5.11 Å². The fourth-order valence-corrected chi connectivity index (χ4v) is 1.29. The van der Waals surface area contributed by atoms with Crippen molar-refractivity contribution in [1.29, 1.82) is 0 Å². The largest absolute Gasteiger partial charge is 0.481 e. The first-order valence-corrected chi connectivity index (χ1v) is 5.63. The van der Waals surface area contributed by atoms with E-state index in [0.717, 1.165) is 12.8 Å². The van der Waals surface area contributed by atoms with E-state index in [1.54, 1.807) is 0 Å². The standard InChI is InChI=1S/C11H22O2.C2H4/c1-11(2,3)9-7-5-4-6-8-10(12)13;1-2/h4-9H2,1-3H3,(H,12,13);1-2H2. The van der Waals surface area contributed by atoms with Gasteiger partial charge in [0.25, 0.3) is 0 Å². The van der Waals surface area contributed by atoms with Crippen molar-refractivity contribution in [2.75, 3.05) is 0 Å². The molecule has 1 N–H and O–H groups in total. The molecule has 0 atom stereocenters. The van der Waals surface area contributed by atoms with Crippen LogP contribution in [0.5, 0.6) is 0 Å². The summed E-state index contributed by atoms with van der Waals surface area (Å²) in [5.41, 5.74) is 0.423. The van der Waals surface area contributed by atoms with Gasteiger partial charge in [-0.3, -0.25) is 4.79 Å². The Morgan fingerprint density at radius 2 is 1.53 bits per heavy atom. The topological polar surface area (TPSA) is 37.3 Å². The second-order valence-corrected chi connectivity index (χ2v) is 4.87. The maximum absolute atomic E-state index is 10.2. The van der Waals surface area contributed by atoms with E-state index in [0.29, 0.717) is 11.8 Å². The van der Waals surface area contributed by atoms with E-state index in [1.807, 2.05) is 0 Å². The van der Waals surface area contributed by atoms with E-state index >= 15 is 0 Å². The Labute approximate surface area is 94.4 Å². The fraction of sp³-hybridized carbons (Fsp3) is 0.769. The maximum atomic E-state index is 10.2. The smallest absolute Gasteiger partial charge is 0.303 e. The molecule has 0 saturated carbocycles. The number of aliphatic carboxylic acids is 1. The summed E-state index contributed by atoms with van der Waals surface area (Å²) in [5.74, 6) is -0.671. The minimum Gasteiger partial charge on any atom is -0.481 e. The Kier molecular flexibility index (Phi) is 10.8. The van der Waals surface area contributed by atoms with Crippen molar-refractivity contribution < 1.29 is 9.90 Å². The molecule has 0 aliphatic carbocycles. The third kappa shape index (κ3) is 19.6. The molecule has 0 fully saturated rings. The lowest BCUT2D eigenvalue weighted by molar-refractivity contribution is -0.137. The highest BCUT2D eigenvalue weighted by Crippen LogP contribution is 2.22. The molecule has 0 bridgehead atoms. The summed E-state index contributed by atoms with van der Waals surface area (Å²) >= 11 is 0. The van der Waals surface area contributed by atoms with Crippen LogP contribution < -0.4 is 0 Å². The van der Waals surface area contributed by atoms with Crippen molar-refractivity contribution in [2.45, 2.75) is 59.3 Å². The number of carbonyl (C=O) groups is 1. The highest BCUT2D eigenvalue weighted by atomic mass is 16.4. The molecule has 0 heterocycles. The second-order valence-electron chi connectivity index (χ2n) is 4.87. The van der Waals surface area contributed by atoms with Crippen LogP contribution in [-0.4, -0.2) is 11.1 Å². The van der Waals surface area contributed by atoms with Gasteiger partial charge in [-0.2, -0.15) is 0 Å². The number of carboxylic acids is 1. The molecule has 0 aliphatic rings. The Morgan fingerprint density at radius 3 is 1.93 bits per heavy atom. The molecule has 0 aromatic rings. The molecule has 0 aromatic carbocycles. The Balaban J connectivity index is 0. The second kappa shape index (κ2) is 9.75. The molecule has 0 radical (unpaired) electrons. The summed E-state index contributed by atoms with van der Waals surface area (Å²) in [5, 5.41) is 8.40. The van der Waals surface area contributed by atoms with E-state index in [9.17, 15) is 4.79 Å². The first-order valence-electron chi connectivity index (χ1n) is 5.63. The molecule has 2 heteroatoms. The molecule has 0 aromatic heterocycles. The average molecular weight is 214 g/mol. The lowest BCUT2D eigenvalue weighted by Crippen LogP contribution is -2.04. The SMILES string of the molecule is C=C.CC(C)(C)CCCCCCC(=O)O. The summed E-state index contributed by atoms with van der Waals surface area (Å²) in [6.45, 7) is 12.7. The number of hydrogen-bond acceptors (Lipinski definition) is 1. The molecule has 0 unspecified atom stereocenters. The highest BCUT2D eigenvalue weighted by Gasteiger charge is 2.08. The van der Waals surface area contributed by atoms with Crippen molar-refractivity contribution in [3.05, 3.63) is 13.2 Å². The van der Waals surface area contributed by atoms with Gasteiger partial charge in [0.15, 0.2) is 0 Å². The van der Waals surface area contributed by atoms with Crippen molar-refractivity contribution in [3.63, 3.8) is 0 Å². The minimum absolute atomic E-state index is 0.329. The summed E-state index contributed by atoms with van der Waals surface area (Å²) in [7, 11) is 0. The van der Waals surface area contributed by atoms with Gasteiger partial charge in [0.1, 0.15) is 0 Å². The van der Waals surface area contributed by atoms with Gasteiger partial charge >= 0.3 is 5.97 Å². The zero-order valence-corrected chi connectivity index (χ0v) is 10.5. The zero-order valence-electron chi connectivity index (χ0n) is 10.5. The molecule has 0 spiro atoms. The molecule has 15 heavy (non-hydrogen) atoms. The molecule has 90 valence electrons. The number of rotatable bonds is 6. The molecular weight excluding hydrogens is 188 g/mol. The lowest BCUT2D eigenvalue weighted by Gasteiger charge is -2.17. The van der Waals surface area contributed by atoms with Crippen molar-refractivity contribution in [2.24, 2.45) is 5.41 Å². The van der Waals surface area contributed by atoms with Crippen LogP contribution in [0.4, 0.5) is 0 Å². The Morgan fingerprint density at radius 1 is 1.07 bits per heavy atom. The highest BCUT2D eigenvalue weighted by molar-refractivity contribution is 5.66. The van der Waals surface area contributed by atoms with E-state index in [-0.39, 0.29) is 0 Å². The summed E-state index contributed by atoms with van der Waals surface area (Å²) < 4.78 is 0. The Hall–Kier alpha value is -0.790. The third-order valence-electron chi connectivity index (χ3n) is 2.07. The molecule has 0 saturated heterocycles. The van der Waals surface area contributed by atoms with Crippen LogP contribution in [0.25, 0.3) is 0 Å². The normalized spacial score (nSPS) is 10.3. The quantitative estimate of drug-likeness (QED) is 0.530. The monoisotopic (exact) mass is 214 g/mol. The summed E-state index contributed by atoms with van der Waals surface area (Å²) in [6.07, 6.45) is 5.85. The zero-order chi connectivity index (χ0) is 12.3. The first kappa shape index (κ1) is 16.6. The van der Waals surface area contributed by atoms with Gasteiger partial charge in [0.2, 0.25) is 0 Å². The molecule has 0 rings (SSSR count). The number of unbranched alkanes of at least 4 members (excludes halogenated alkanes) is 3. The van der Waals surface area contributed by atoms with Crippen LogP contribution in [0.2, 0.25) is 0 Å². The van der Waals surface area contributed by atoms with Gasteiger partial charge in [-0.1, -0.05) is 40.0 Å². The first-order chi connectivity index (χ1) is 6.92. The van der Waals surface area contributed by atoms with E-state index < -0.39 is 5.97 Å². The van der Waals surface area contributed by atoms with Gasteiger partial charge in [-0.15, -0.1) is 13.2 Å². The van der Waals surface area contributed by atoms with Crippen LogP contribution in [0.1, 0.15) is 59.3 Å². The van der Waals surface area contributed by atoms with Gasteiger partial charge in [0, 0.05) is 6.42 Å². The van der Waals surface area contributed by atoms with Crippen LogP contribution in [0.15, 0.2) is 13.2 Å². The van der Waals surface area contributed by atoms with Gasteiger partial charge in [-0.25, -0.2) is 0 Å². The van der Waals surface area contributed by atoms with Crippen LogP contribution in [-0.2, 0) is 4.79 Å². The molecular formula is C13H26O2. The lowest BCUT2D eigenvalue weighted by atomic mass is 9.89. The van der Waals surface area contributed by atoms with E-state index in [2.05, 4.69) is 33.9 Å². The molecule has 0 amide bonds. The van der Waals surface area contributed by atoms with Crippen LogP contribution in [0, 0.1) is 5.41 Å². The fourth-order valence-electron chi connectivity index (χ4n) is 1.29. The summed E-state index contributed by atoms with van der Waals surface area (Å²) in [4.78, 5) is 10.2. The molecule has 0 aliphatic heterocycles. The van der Waals surface area contributed by atoms with Crippen molar-refractivity contribution >= 4 is 5.97 Å². The van der Waals surface area contributed by atoms with Crippen LogP contribution in [0.3, 0.4) is 0 Å². The predicted octanol–water partition coefficient (Wildman–Crippen LogP) is 4.26. The summed E-state index contributed by atoms with van der Waals surface area (Å²) in [6, 6.07) is 0. The van der Waals surface area contributed by atoms with Crippen molar-refractivity contribution in [3.8, 4) is 0 Å². The predicted molar refractivity (Wildman–Crippen MR) is 66.0 cm³/mol. The third-order valence-corrected chi connectivity index (χ3v) is 2.07. The van der Waals surface area contributed by atoms with Gasteiger partial charge in [0.05, 0.1) is 0 Å². The minimum atomic E-state index is -0.671. The number of hydrogen-bond donors (Lipinski definition) is 1. The van der Waals surface area contributed by atoms with Crippen molar-refractivity contribution in [1.82, 2.24) is 0 Å². The molecule has 2 nitrogen and oxygen atoms in total. The average Bonchev–Trinajstić information content (AvgIpc) is 2.12. The van der Waals surface area contributed by atoms with Crippen LogP contribution >= 0.6 is 0 Å². The Bertz CT molecular complexity index is 156. The van der Waals surface area contributed by atoms with E-state index in [4.69, 9.17) is 5.11 Å². The van der Waals surface area contributed by atoms with E-state index in [1.165, 1.54) is 19.3 Å². The van der Waals surface area contributed by atoms with Gasteiger partial charge in [-0.05, 0) is 18.3 Å².